The molecule has 2 aromatic rings. The number of benzene rings is 1. The Morgan fingerprint density at radius 2 is 2.09 bits per heavy atom. The van der Waals surface area contributed by atoms with Crippen LogP contribution in [0.25, 0.3) is 0 Å². The first-order valence-corrected chi connectivity index (χ1v) is 7.37. The summed E-state index contributed by atoms with van der Waals surface area (Å²) in [5.41, 5.74) is 1.09. The summed E-state index contributed by atoms with van der Waals surface area (Å²) in [7, 11) is 1.50. The number of hydrogen-bond donors (Lipinski definition) is 0. The Bertz CT molecular complexity index is 746. The lowest BCUT2D eigenvalue weighted by Gasteiger charge is -2.07. The van der Waals surface area contributed by atoms with Crippen molar-refractivity contribution in [1.29, 1.82) is 0 Å². The first-order valence-electron chi connectivity index (χ1n) is 6.49. The van der Waals surface area contributed by atoms with E-state index in [1.165, 1.54) is 11.7 Å². The number of nitrogens with zero attached hydrogens (tertiary/aromatic N) is 1. The van der Waals surface area contributed by atoms with E-state index in [-0.39, 0.29) is 23.8 Å². The fraction of sp³-hybridized carbons (Fsp3) is 0.267. The quantitative estimate of drug-likeness (QED) is 0.597. The summed E-state index contributed by atoms with van der Waals surface area (Å²) >= 11 is 1.02. The minimum absolute atomic E-state index is 0.195. The van der Waals surface area contributed by atoms with E-state index in [0.717, 1.165) is 11.3 Å². The molecule has 0 saturated carbocycles. The van der Waals surface area contributed by atoms with Crippen molar-refractivity contribution < 1.29 is 19.1 Å². The fourth-order valence-electron chi connectivity index (χ4n) is 1.80. The molecule has 0 atom stereocenters. The average Bonchev–Trinajstić information content (AvgIpc) is 2.84. The number of carbonyl (C=O) groups excluding carboxylic acids is 2. The van der Waals surface area contributed by atoms with Gasteiger partial charge in [-0.25, -0.2) is 0 Å². The average molecular weight is 321 g/mol. The number of hydrogen-bond acceptors (Lipinski definition) is 6. The van der Waals surface area contributed by atoms with Gasteiger partial charge in [0.15, 0.2) is 12.4 Å². The highest BCUT2D eigenvalue weighted by Gasteiger charge is 2.13. The third-order valence-corrected chi connectivity index (χ3v) is 3.90. The molecule has 1 aromatic heterocycles. The van der Waals surface area contributed by atoms with Crippen LogP contribution >= 0.6 is 11.3 Å². The predicted molar refractivity (Wildman–Crippen MR) is 81.6 cm³/mol. The van der Waals surface area contributed by atoms with Gasteiger partial charge in [-0.2, -0.15) is 0 Å². The van der Waals surface area contributed by atoms with Crippen LogP contribution in [0.15, 0.2) is 34.4 Å². The second kappa shape index (κ2) is 7.04. The van der Waals surface area contributed by atoms with Gasteiger partial charge in [0.25, 0.3) is 0 Å². The van der Waals surface area contributed by atoms with E-state index in [9.17, 15) is 14.4 Å². The summed E-state index contributed by atoms with van der Waals surface area (Å²) in [5.74, 6) is -0.404. The van der Waals surface area contributed by atoms with E-state index < -0.39 is 5.97 Å². The van der Waals surface area contributed by atoms with Gasteiger partial charge < -0.3 is 9.47 Å². The van der Waals surface area contributed by atoms with Gasteiger partial charge in [0, 0.05) is 16.6 Å². The molecule has 0 bridgehead atoms. The summed E-state index contributed by atoms with van der Waals surface area (Å²) < 4.78 is 11.3. The van der Waals surface area contributed by atoms with Crippen LogP contribution in [0.5, 0.6) is 5.75 Å². The molecule has 0 aliphatic carbocycles. The monoisotopic (exact) mass is 321 g/mol. The van der Waals surface area contributed by atoms with Gasteiger partial charge in [-0.15, -0.1) is 0 Å². The summed E-state index contributed by atoms with van der Waals surface area (Å²) in [5, 5.41) is 1.66. The van der Waals surface area contributed by atoms with Crippen molar-refractivity contribution in [2.45, 2.75) is 13.5 Å². The first kappa shape index (κ1) is 16.0. The van der Waals surface area contributed by atoms with E-state index in [1.807, 2.05) is 0 Å². The fourth-order valence-corrected chi connectivity index (χ4v) is 2.53. The summed E-state index contributed by atoms with van der Waals surface area (Å²) in [6, 6.07) is 6.59. The molecule has 0 aliphatic rings. The Morgan fingerprint density at radius 3 is 2.73 bits per heavy atom. The minimum Gasteiger partial charge on any atom is -0.497 e. The largest absolute Gasteiger partial charge is 0.497 e. The van der Waals surface area contributed by atoms with E-state index in [0.29, 0.717) is 17.0 Å². The number of thiazole rings is 1. The molecule has 0 spiro atoms. The third kappa shape index (κ3) is 3.82. The number of carbonyl (C=O) groups is 2. The van der Waals surface area contributed by atoms with Crippen molar-refractivity contribution in [2.24, 2.45) is 0 Å². The van der Waals surface area contributed by atoms with Crippen LogP contribution in [0.4, 0.5) is 0 Å². The van der Waals surface area contributed by atoms with E-state index in [4.69, 9.17) is 9.47 Å². The molecule has 22 heavy (non-hydrogen) atoms. The maximum absolute atomic E-state index is 12.0. The lowest BCUT2D eigenvalue weighted by molar-refractivity contribution is -0.143. The standard InChI is InChI=1S/C15H15NO5S/c1-10-9-22-15(19)16(10)7-14(18)21-8-13(17)11-4-3-5-12(6-11)20-2/h3-6,9H,7-8H2,1-2H3. The Kier molecular flexibility index (Phi) is 5.11. The zero-order valence-corrected chi connectivity index (χ0v) is 13.0. The molecule has 0 radical (unpaired) electrons. The minimum atomic E-state index is -0.625. The SMILES string of the molecule is COc1cccc(C(=O)COC(=O)Cn2c(C)csc2=O)c1. The van der Waals surface area contributed by atoms with Crippen LogP contribution in [-0.2, 0) is 16.1 Å². The smallest absolute Gasteiger partial charge is 0.326 e. The number of ether oxygens (including phenoxy) is 2. The van der Waals surface area contributed by atoms with Crippen molar-refractivity contribution in [3.05, 3.63) is 50.6 Å². The van der Waals surface area contributed by atoms with Gasteiger partial charge in [0.05, 0.1) is 7.11 Å². The summed E-state index contributed by atoms with van der Waals surface area (Å²) in [4.78, 5) is 34.9. The lowest BCUT2D eigenvalue weighted by atomic mass is 10.1. The van der Waals surface area contributed by atoms with Crippen LogP contribution in [0, 0.1) is 6.92 Å². The Hall–Kier alpha value is -2.41. The first-order chi connectivity index (χ1) is 10.5. The summed E-state index contributed by atoms with van der Waals surface area (Å²) in [6.07, 6.45) is 0. The van der Waals surface area contributed by atoms with Gasteiger partial charge >= 0.3 is 10.8 Å². The molecule has 2 rings (SSSR count). The normalized spacial score (nSPS) is 10.3. The number of aryl methyl sites for hydroxylation is 1. The van der Waals surface area contributed by atoms with Crippen molar-refractivity contribution in [2.75, 3.05) is 13.7 Å². The van der Waals surface area contributed by atoms with Crippen LogP contribution < -0.4 is 9.61 Å². The van der Waals surface area contributed by atoms with Crippen LogP contribution in [-0.4, -0.2) is 30.0 Å². The van der Waals surface area contributed by atoms with Gasteiger partial charge in [0.2, 0.25) is 0 Å². The number of methoxy groups -OCH3 is 1. The van der Waals surface area contributed by atoms with Gasteiger partial charge in [-0.1, -0.05) is 23.5 Å². The maximum Gasteiger partial charge on any atom is 0.326 e. The maximum atomic E-state index is 12.0. The highest BCUT2D eigenvalue weighted by Crippen LogP contribution is 2.13. The molecular weight excluding hydrogens is 306 g/mol. The van der Waals surface area contributed by atoms with Crippen LogP contribution in [0.2, 0.25) is 0 Å². The number of rotatable bonds is 6. The Labute approximate surface area is 130 Å². The predicted octanol–water partition coefficient (Wildman–Crippen LogP) is 1.65. The van der Waals surface area contributed by atoms with E-state index in [1.54, 1.807) is 36.6 Å². The highest BCUT2D eigenvalue weighted by atomic mass is 32.1. The summed E-state index contributed by atoms with van der Waals surface area (Å²) in [6.45, 7) is 1.16. The molecule has 0 fully saturated rings. The van der Waals surface area contributed by atoms with Gasteiger partial charge in [-0.3, -0.25) is 19.0 Å². The van der Waals surface area contributed by atoms with Gasteiger partial charge in [0.1, 0.15) is 12.3 Å². The van der Waals surface area contributed by atoms with E-state index >= 15 is 0 Å². The second-order valence-corrected chi connectivity index (χ2v) is 5.37. The molecule has 0 amide bonds. The Morgan fingerprint density at radius 1 is 1.32 bits per heavy atom. The highest BCUT2D eigenvalue weighted by molar-refractivity contribution is 7.07. The van der Waals surface area contributed by atoms with Crippen molar-refractivity contribution in [3.63, 3.8) is 0 Å². The molecule has 6 nitrogen and oxygen atoms in total. The second-order valence-electron chi connectivity index (χ2n) is 4.54. The number of ketones is 1. The topological polar surface area (TPSA) is 74.6 Å². The molecule has 1 aromatic carbocycles. The molecule has 0 unspecified atom stereocenters. The number of esters is 1. The molecule has 7 heteroatoms. The molecular formula is C15H15NO5S. The zero-order chi connectivity index (χ0) is 16.1. The Balaban J connectivity index is 1.93. The van der Waals surface area contributed by atoms with Crippen molar-refractivity contribution in [3.8, 4) is 5.75 Å². The lowest BCUT2D eigenvalue weighted by Crippen LogP contribution is -2.24. The third-order valence-electron chi connectivity index (χ3n) is 3.02. The molecule has 0 saturated heterocycles. The zero-order valence-electron chi connectivity index (χ0n) is 12.2. The van der Waals surface area contributed by atoms with Gasteiger partial charge in [-0.05, 0) is 19.1 Å². The van der Waals surface area contributed by atoms with Crippen molar-refractivity contribution >= 4 is 23.1 Å². The van der Waals surface area contributed by atoms with E-state index in [2.05, 4.69) is 0 Å². The number of Topliss-reactive ketones (excluding diaryl/α,β-unsaturated/α-hetero) is 1. The molecule has 116 valence electrons. The number of aromatic nitrogens is 1. The molecule has 1 heterocycles. The van der Waals surface area contributed by atoms with Crippen LogP contribution in [0.3, 0.4) is 0 Å². The molecule has 0 aliphatic heterocycles. The van der Waals surface area contributed by atoms with Crippen LogP contribution in [0.1, 0.15) is 16.1 Å². The van der Waals surface area contributed by atoms with Crippen molar-refractivity contribution in [1.82, 2.24) is 4.57 Å². The molecule has 0 N–H and O–H groups in total.